The summed E-state index contributed by atoms with van der Waals surface area (Å²) in [5, 5.41) is 10.8. The molecule has 1 amide bonds. The fraction of sp³-hybridized carbons (Fsp3) is 0.207. The predicted octanol–water partition coefficient (Wildman–Crippen LogP) is 6.94. The maximum absolute atomic E-state index is 13.8. The highest BCUT2D eigenvalue weighted by molar-refractivity contribution is 9.10. The van der Waals surface area contributed by atoms with Crippen LogP contribution in [0.2, 0.25) is 0 Å². The number of hydrogen-bond acceptors (Lipinski definition) is 6. The lowest BCUT2D eigenvalue weighted by Crippen LogP contribution is -2.31. The van der Waals surface area contributed by atoms with Gasteiger partial charge in [0.1, 0.15) is 19.0 Å². The molecule has 10 heteroatoms. The van der Waals surface area contributed by atoms with E-state index in [0.717, 1.165) is 32.4 Å². The molecule has 0 saturated heterocycles. The molecule has 3 aromatic carbocycles. The van der Waals surface area contributed by atoms with E-state index < -0.39 is 6.04 Å². The van der Waals surface area contributed by atoms with Crippen LogP contribution >= 0.6 is 31.9 Å². The largest absolute Gasteiger partial charge is 0.493 e. The number of aryl methyl sites for hydroxylation is 1. The molecule has 1 unspecified atom stereocenters. The third kappa shape index (κ3) is 5.44. The van der Waals surface area contributed by atoms with Gasteiger partial charge in [0, 0.05) is 15.9 Å². The Labute approximate surface area is 243 Å². The van der Waals surface area contributed by atoms with Gasteiger partial charge in [0.25, 0.3) is 5.91 Å². The van der Waals surface area contributed by atoms with Gasteiger partial charge in [-0.05, 0) is 89.3 Å². The quantitative estimate of drug-likeness (QED) is 0.225. The molecule has 200 valence electrons. The minimum Gasteiger partial charge on any atom is -0.493 e. The summed E-state index contributed by atoms with van der Waals surface area (Å²) >= 11 is 7.13. The fourth-order valence-corrected chi connectivity index (χ4v) is 5.38. The highest BCUT2D eigenvalue weighted by atomic mass is 79.9. The second-order valence-electron chi connectivity index (χ2n) is 9.25. The lowest BCUT2D eigenvalue weighted by molar-refractivity contribution is -0.113. The molecule has 2 heterocycles. The Balaban J connectivity index is 1.52. The van der Waals surface area contributed by atoms with Crippen LogP contribution in [0, 0.1) is 13.8 Å². The Morgan fingerprint density at radius 1 is 1.10 bits per heavy atom. The summed E-state index contributed by atoms with van der Waals surface area (Å²) in [7, 11) is 1.59. The summed E-state index contributed by atoms with van der Waals surface area (Å²) in [6, 6.07) is 17.0. The first-order valence-corrected chi connectivity index (χ1v) is 13.8. The molecule has 1 aliphatic heterocycles. The maximum atomic E-state index is 13.8. The average molecular weight is 653 g/mol. The van der Waals surface area contributed by atoms with Crippen LogP contribution in [0.3, 0.4) is 0 Å². The lowest BCUT2D eigenvalue weighted by atomic mass is 9.94. The van der Waals surface area contributed by atoms with E-state index in [4.69, 9.17) is 9.47 Å². The van der Waals surface area contributed by atoms with Crippen molar-refractivity contribution in [2.45, 2.75) is 33.4 Å². The Morgan fingerprint density at radius 3 is 2.62 bits per heavy atom. The number of rotatable bonds is 7. The molecule has 0 aliphatic carbocycles. The molecule has 0 bridgehead atoms. The molecule has 2 N–H and O–H groups in total. The van der Waals surface area contributed by atoms with Crippen molar-refractivity contribution in [1.29, 1.82) is 0 Å². The third-order valence-corrected chi connectivity index (χ3v) is 7.87. The lowest BCUT2D eigenvalue weighted by Gasteiger charge is -2.29. The molecule has 5 rings (SSSR count). The van der Waals surface area contributed by atoms with Gasteiger partial charge in [0.15, 0.2) is 11.5 Å². The normalized spacial score (nSPS) is 14.5. The molecule has 8 nitrogen and oxygen atoms in total. The fourth-order valence-electron chi connectivity index (χ4n) is 4.54. The van der Waals surface area contributed by atoms with Crippen LogP contribution in [-0.4, -0.2) is 27.8 Å². The van der Waals surface area contributed by atoms with E-state index in [1.165, 1.54) is 6.33 Å². The summed E-state index contributed by atoms with van der Waals surface area (Å²) in [6.07, 6.45) is 1.47. The van der Waals surface area contributed by atoms with E-state index in [9.17, 15) is 4.79 Å². The molecule has 39 heavy (non-hydrogen) atoms. The molecule has 0 spiro atoms. The maximum Gasteiger partial charge on any atom is 0.255 e. The van der Waals surface area contributed by atoms with Crippen molar-refractivity contribution >= 4 is 49.4 Å². The minimum absolute atomic E-state index is 0.231. The smallest absolute Gasteiger partial charge is 0.255 e. The number of anilines is 2. The van der Waals surface area contributed by atoms with E-state index in [1.807, 2.05) is 75.4 Å². The van der Waals surface area contributed by atoms with E-state index >= 15 is 0 Å². The summed E-state index contributed by atoms with van der Waals surface area (Å²) in [4.78, 5) is 18.1. The number of methoxy groups -OCH3 is 1. The van der Waals surface area contributed by atoms with Crippen LogP contribution < -0.4 is 20.1 Å². The number of nitrogens with one attached hydrogen (secondary N) is 2. The number of carbonyl (C=O) groups is 1. The molecule has 1 atom stereocenters. The predicted molar refractivity (Wildman–Crippen MR) is 158 cm³/mol. The molecule has 4 aromatic rings. The van der Waals surface area contributed by atoms with Crippen molar-refractivity contribution in [1.82, 2.24) is 14.8 Å². The average Bonchev–Trinajstić information content (AvgIpc) is 3.38. The zero-order valence-electron chi connectivity index (χ0n) is 21.9. The van der Waals surface area contributed by atoms with Gasteiger partial charge in [0.2, 0.25) is 5.95 Å². The highest BCUT2D eigenvalue weighted by Crippen LogP contribution is 2.43. The first kappa shape index (κ1) is 27.0. The molecule has 1 aliphatic rings. The Kier molecular flexibility index (Phi) is 7.76. The Morgan fingerprint density at radius 2 is 1.87 bits per heavy atom. The van der Waals surface area contributed by atoms with Gasteiger partial charge in [-0.15, -0.1) is 0 Å². The first-order chi connectivity index (χ1) is 18.8. The van der Waals surface area contributed by atoms with Gasteiger partial charge in [-0.3, -0.25) is 4.79 Å². The van der Waals surface area contributed by atoms with Gasteiger partial charge < -0.3 is 20.1 Å². The van der Waals surface area contributed by atoms with E-state index in [0.29, 0.717) is 39.8 Å². The van der Waals surface area contributed by atoms with Crippen LogP contribution in [0.25, 0.3) is 0 Å². The summed E-state index contributed by atoms with van der Waals surface area (Å²) < 4.78 is 15.3. The minimum atomic E-state index is -0.556. The number of aromatic nitrogens is 3. The Hall–Kier alpha value is -3.63. The number of nitrogens with zero attached hydrogens (tertiary/aromatic N) is 3. The van der Waals surface area contributed by atoms with Crippen LogP contribution in [-0.2, 0) is 11.4 Å². The van der Waals surface area contributed by atoms with E-state index in [2.05, 4.69) is 52.6 Å². The monoisotopic (exact) mass is 651 g/mol. The summed E-state index contributed by atoms with van der Waals surface area (Å²) in [6.45, 7) is 6.25. The van der Waals surface area contributed by atoms with Crippen molar-refractivity contribution in [3.63, 3.8) is 0 Å². The van der Waals surface area contributed by atoms with Crippen molar-refractivity contribution in [2.24, 2.45) is 0 Å². The number of benzene rings is 3. The highest BCUT2D eigenvalue weighted by Gasteiger charge is 2.34. The number of halogens is 2. The molecule has 0 radical (unpaired) electrons. The number of carbonyl (C=O) groups excluding carboxylic acids is 1. The molecule has 1 aromatic heterocycles. The zero-order valence-corrected chi connectivity index (χ0v) is 25.1. The number of allylic oxidation sites excluding steroid dienone is 1. The van der Waals surface area contributed by atoms with Crippen LogP contribution in [0.15, 0.2) is 81.1 Å². The second-order valence-corrected chi connectivity index (χ2v) is 11.0. The van der Waals surface area contributed by atoms with Crippen molar-refractivity contribution < 1.29 is 14.3 Å². The standard InChI is InChI=1S/C29H27Br2N5O3/c1-16-6-5-7-23(17(16)2)35-28(37)25-18(3)34-29-32-15-33-36(29)26(25)20-12-22(31)27(24(13-20)38-4)39-14-19-8-10-21(30)11-9-19/h5-13,15,26H,14H2,1-4H3,(H,35,37)(H,32,33,34). The Bertz CT molecular complexity index is 1580. The number of hydrogen-bond donors (Lipinski definition) is 2. The van der Waals surface area contributed by atoms with E-state index in [-0.39, 0.29) is 5.91 Å². The zero-order chi connectivity index (χ0) is 27.7. The number of ether oxygens (including phenoxy) is 2. The van der Waals surface area contributed by atoms with Gasteiger partial charge in [-0.1, -0.05) is 40.2 Å². The SMILES string of the molecule is COc1cc(C2C(C(=O)Nc3cccc(C)c3C)=C(C)Nc3ncnn32)cc(Br)c1OCc1ccc(Br)cc1. The van der Waals surface area contributed by atoms with Crippen molar-refractivity contribution in [2.75, 3.05) is 17.7 Å². The van der Waals surface area contributed by atoms with E-state index in [1.54, 1.807) is 11.8 Å². The van der Waals surface area contributed by atoms with Crippen LogP contribution in [0.5, 0.6) is 11.5 Å². The molecular weight excluding hydrogens is 626 g/mol. The van der Waals surface area contributed by atoms with Gasteiger partial charge in [-0.25, -0.2) is 4.68 Å². The first-order valence-electron chi connectivity index (χ1n) is 12.3. The summed E-state index contributed by atoms with van der Waals surface area (Å²) in [5.41, 5.74) is 5.89. The number of amides is 1. The molecular formula is C29H27Br2N5O3. The third-order valence-electron chi connectivity index (χ3n) is 6.76. The molecule has 0 fully saturated rings. The topological polar surface area (TPSA) is 90.3 Å². The van der Waals surface area contributed by atoms with Gasteiger partial charge in [-0.2, -0.15) is 10.1 Å². The molecule has 0 saturated carbocycles. The second kappa shape index (κ2) is 11.2. The van der Waals surface area contributed by atoms with Crippen molar-refractivity contribution in [3.8, 4) is 11.5 Å². The van der Waals surface area contributed by atoms with Gasteiger partial charge in [0.05, 0.1) is 17.2 Å². The van der Waals surface area contributed by atoms with Crippen molar-refractivity contribution in [3.05, 3.63) is 103 Å². The van der Waals surface area contributed by atoms with Gasteiger partial charge >= 0.3 is 0 Å². The number of fused-ring (bicyclic) bond motifs is 1. The van der Waals surface area contributed by atoms with Crippen LogP contribution in [0.1, 0.15) is 35.2 Å². The summed E-state index contributed by atoms with van der Waals surface area (Å²) in [5.74, 6) is 1.42. The van der Waals surface area contributed by atoms with Crippen LogP contribution in [0.4, 0.5) is 11.6 Å².